The summed E-state index contributed by atoms with van der Waals surface area (Å²) in [5, 5.41) is 3.89. The molecule has 1 aromatic rings. The molecule has 2 rings (SSSR count). The minimum atomic E-state index is 0.382. The first-order valence-electron chi connectivity index (χ1n) is 6.51. The van der Waals surface area contributed by atoms with E-state index in [0.717, 1.165) is 37.4 Å². The molecule has 0 aliphatic carbocycles. The van der Waals surface area contributed by atoms with Gasteiger partial charge < -0.3 is 19.5 Å². The number of rotatable bonds is 6. The molecule has 5 heteroatoms. The van der Waals surface area contributed by atoms with E-state index >= 15 is 0 Å². The fourth-order valence-corrected chi connectivity index (χ4v) is 2.47. The highest BCUT2D eigenvalue weighted by atomic mass is 35.5. The lowest BCUT2D eigenvalue weighted by atomic mass is 10.2. The van der Waals surface area contributed by atoms with E-state index in [1.54, 1.807) is 20.3 Å². The number of ether oxygens (including phenoxy) is 3. The van der Waals surface area contributed by atoms with Crippen LogP contribution >= 0.6 is 11.6 Å². The van der Waals surface area contributed by atoms with Crippen LogP contribution in [0.2, 0.25) is 5.02 Å². The fraction of sp³-hybridized carbons (Fsp3) is 0.571. The lowest BCUT2D eigenvalue weighted by Gasteiger charge is -2.15. The molecule has 0 spiro atoms. The third kappa shape index (κ3) is 3.67. The van der Waals surface area contributed by atoms with Crippen LogP contribution in [0.3, 0.4) is 0 Å². The van der Waals surface area contributed by atoms with Gasteiger partial charge in [-0.15, -0.1) is 0 Å². The minimum absolute atomic E-state index is 0.382. The van der Waals surface area contributed by atoms with Crippen molar-refractivity contribution in [3.05, 3.63) is 17.2 Å². The van der Waals surface area contributed by atoms with Crippen molar-refractivity contribution < 1.29 is 14.2 Å². The highest BCUT2D eigenvalue weighted by molar-refractivity contribution is 6.32. The summed E-state index contributed by atoms with van der Waals surface area (Å²) >= 11 is 6.07. The first-order chi connectivity index (χ1) is 9.24. The van der Waals surface area contributed by atoms with Gasteiger partial charge in [-0.3, -0.25) is 0 Å². The number of hydrogen-bond acceptors (Lipinski definition) is 4. The Kier molecular flexibility index (Phi) is 5.16. The molecule has 106 valence electrons. The van der Waals surface area contributed by atoms with E-state index in [1.807, 2.05) is 6.07 Å². The molecule has 1 heterocycles. The average molecular weight is 286 g/mol. The molecule has 1 aliphatic heterocycles. The van der Waals surface area contributed by atoms with Crippen LogP contribution in [0, 0.1) is 0 Å². The number of methoxy groups -OCH3 is 2. The molecule has 1 unspecified atom stereocenters. The molecule has 4 nitrogen and oxygen atoms in total. The molecule has 1 aromatic carbocycles. The second-order valence-corrected chi connectivity index (χ2v) is 4.94. The molecule has 0 radical (unpaired) electrons. The number of nitrogens with one attached hydrogen (secondary N) is 1. The SMILES string of the molecule is COc1cc(NCCC2CCCO2)c(OC)cc1Cl. The van der Waals surface area contributed by atoms with Crippen molar-refractivity contribution in [2.75, 3.05) is 32.7 Å². The molecule has 1 saturated heterocycles. The summed E-state index contributed by atoms with van der Waals surface area (Å²) in [6.45, 7) is 1.73. The molecule has 0 amide bonds. The van der Waals surface area contributed by atoms with E-state index in [0.29, 0.717) is 16.9 Å². The van der Waals surface area contributed by atoms with Gasteiger partial charge in [-0.05, 0) is 19.3 Å². The Morgan fingerprint density at radius 1 is 1.32 bits per heavy atom. The van der Waals surface area contributed by atoms with E-state index in [1.165, 1.54) is 6.42 Å². The zero-order valence-electron chi connectivity index (χ0n) is 11.4. The molecule has 1 fully saturated rings. The second-order valence-electron chi connectivity index (χ2n) is 4.54. The second kappa shape index (κ2) is 6.87. The first kappa shape index (κ1) is 14.3. The normalized spacial score (nSPS) is 18.4. The van der Waals surface area contributed by atoms with Crippen molar-refractivity contribution in [1.29, 1.82) is 0 Å². The molecule has 0 aromatic heterocycles. The van der Waals surface area contributed by atoms with Gasteiger partial charge in [0.2, 0.25) is 0 Å². The first-order valence-corrected chi connectivity index (χ1v) is 6.89. The Hall–Kier alpha value is -1.13. The predicted octanol–water partition coefficient (Wildman–Crippen LogP) is 3.34. The Morgan fingerprint density at radius 3 is 2.74 bits per heavy atom. The fourth-order valence-electron chi connectivity index (χ4n) is 2.24. The van der Waals surface area contributed by atoms with Crippen molar-refractivity contribution in [1.82, 2.24) is 0 Å². The maximum absolute atomic E-state index is 6.07. The van der Waals surface area contributed by atoms with Crippen molar-refractivity contribution in [2.24, 2.45) is 0 Å². The van der Waals surface area contributed by atoms with Crippen LogP contribution in [0.5, 0.6) is 11.5 Å². The van der Waals surface area contributed by atoms with Gasteiger partial charge in [0.15, 0.2) is 0 Å². The van der Waals surface area contributed by atoms with Crippen molar-refractivity contribution in [3.8, 4) is 11.5 Å². The molecular formula is C14H20ClNO3. The quantitative estimate of drug-likeness (QED) is 0.870. The topological polar surface area (TPSA) is 39.7 Å². The third-order valence-corrected chi connectivity index (χ3v) is 3.58. The highest BCUT2D eigenvalue weighted by Crippen LogP contribution is 2.35. The molecule has 19 heavy (non-hydrogen) atoms. The largest absolute Gasteiger partial charge is 0.495 e. The standard InChI is InChI=1S/C14H20ClNO3/c1-17-13-9-12(14(18-2)8-11(13)15)16-6-5-10-4-3-7-19-10/h8-10,16H,3-7H2,1-2H3. The summed E-state index contributed by atoms with van der Waals surface area (Å²) in [4.78, 5) is 0. The summed E-state index contributed by atoms with van der Waals surface area (Å²) in [5.74, 6) is 1.36. The molecular weight excluding hydrogens is 266 g/mol. The van der Waals surface area contributed by atoms with Crippen LogP contribution in [0.4, 0.5) is 5.69 Å². The Balaban J connectivity index is 1.97. The summed E-state index contributed by atoms with van der Waals surface area (Å²) in [7, 11) is 3.23. The summed E-state index contributed by atoms with van der Waals surface area (Å²) < 4.78 is 16.1. The Bertz CT molecular complexity index is 419. The van der Waals surface area contributed by atoms with Gasteiger partial charge in [-0.2, -0.15) is 0 Å². The molecule has 1 aliphatic rings. The van der Waals surface area contributed by atoms with Gasteiger partial charge in [0.25, 0.3) is 0 Å². The molecule has 1 atom stereocenters. The van der Waals surface area contributed by atoms with Crippen molar-refractivity contribution in [2.45, 2.75) is 25.4 Å². The Morgan fingerprint density at radius 2 is 2.11 bits per heavy atom. The van der Waals surface area contributed by atoms with E-state index < -0.39 is 0 Å². The maximum atomic E-state index is 6.07. The van der Waals surface area contributed by atoms with E-state index in [9.17, 15) is 0 Å². The van der Waals surface area contributed by atoms with E-state index in [-0.39, 0.29) is 0 Å². The van der Waals surface area contributed by atoms with Gasteiger partial charge in [0.1, 0.15) is 11.5 Å². The van der Waals surface area contributed by atoms with Gasteiger partial charge in [0, 0.05) is 25.3 Å². The lowest BCUT2D eigenvalue weighted by Crippen LogP contribution is -2.13. The number of halogens is 1. The van der Waals surface area contributed by atoms with Gasteiger partial charge in [-0.25, -0.2) is 0 Å². The van der Waals surface area contributed by atoms with Crippen LogP contribution in [0.1, 0.15) is 19.3 Å². The minimum Gasteiger partial charge on any atom is -0.495 e. The summed E-state index contributed by atoms with van der Waals surface area (Å²) in [5.41, 5.74) is 0.891. The number of anilines is 1. The molecule has 0 bridgehead atoms. The van der Waals surface area contributed by atoms with Crippen molar-refractivity contribution >= 4 is 17.3 Å². The average Bonchev–Trinajstić information content (AvgIpc) is 2.93. The molecule has 1 N–H and O–H groups in total. The lowest BCUT2D eigenvalue weighted by molar-refractivity contribution is 0.107. The Labute approximate surface area is 119 Å². The van der Waals surface area contributed by atoms with Crippen LogP contribution in [-0.4, -0.2) is 33.5 Å². The van der Waals surface area contributed by atoms with Crippen LogP contribution in [-0.2, 0) is 4.74 Å². The smallest absolute Gasteiger partial charge is 0.143 e. The molecule has 0 saturated carbocycles. The summed E-state index contributed by atoms with van der Waals surface area (Å²) in [6.07, 6.45) is 3.70. The van der Waals surface area contributed by atoms with Gasteiger partial charge >= 0.3 is 0 Å². The van der Waals surface area contributed by atoms with Crippen LogP contribution in [0.25, 0.3) is 0 Å². The van der Waals surface area contributed by atoms with Crippen LogP contribution in [0.15, 0.2) is 12.1 Å². The van der Waals surface area contributed by atoms with E-state index in [2.05, 4.69) is 5.32 Å². The zero-order chi connectivity index (χ0) is 13.7. The van der Waals surface area contributed by atoms with Gasteiger partial charge in [0.05, 0.1) is 31.0 Å². The number of benzene rings is 1. The third-order valence-electron chi connectivity index (χ3n) is 3.28. The van der Waals surface area contributed by atoms with E-state index in [4.69, 9.17) is 25.8 Å². The predicted molar refractivity (Wildman–Crippen MR) is 76.6 cm³/mol. The zero-order valence-corrected chi connectivity index (χ0v) is 12.1. The van der Waals surface area contributed by atoms with Crippen molar-refractivity contribution in [3.63, 3.8) is 0 Å². The highest BCUT2D eigenvalue weighted by Gasteiger charge is 2.15. The van der Waals surface area contributed by atoms with Crippen LogP contribution < -0.4 is 14.8 Å². The monoisotopic (exact) mass is 285 g/mol. The number of hydrogen-bond donors (Lipinski definition) is 1. The maximum Gasteiger partial charge on any atom is 0.143 e. The summed E-state index contributed by atoms with van der Waals surface area (Å²) in [6, 6.07) is 3.62. The van der Waals surface area contributed by atoms with Gasteiger partial charge in [-0.1, -0.05) is 11.6 Å².